The van der Waals surface area contributed by atoms with Gasteiger partial charge >= 0.3 is 0 Å². The molecule has 13 heavy (non-hydrogen) atoms. The Bertz CT molecular complexity index is 129. The van der Waals surface area contributed by atoms with Crippen LogP contribution >= 0.6 is 0 Å². The molecule has 1 heteroatoms. The van der Waals surface area contributed by atoms with E-state index in [1.165, 1.54) is 12.8 Å². The molecular weight excluding hydrogens is 160 g/mol. The summed E-state index contributed by atoms with van der Waals surface area (Å²) in [7, 11) is 0. The second-order valence-corrected chi connectivity index (χ2v) is 2.92. The Kier molecular flexibility index (Phi) is 10.5. The van der Waals surface area contributed by atoms with E-state index in [1.54, 1.807) is 0 Å². The lowest BCUT2D eigenvalue weighted by molar-refractivity contribution is 0.186. The number of benzene rings is 1. The fourth-order valence-electron chi connectivity index (χ4n) is 0.914. The molecule has 0 fully saturated rings. The van der Waals surface area contributed by atoms with Crippen LogP contribution in [0, 0.1) is 0 Å². The Balaban J connectivity index is 0.000000223. The molecule has 0 spiro atoms. The molecule has 1 nitrogen and oxygen atoms in total. The van der Waals surface area contributed by atoms with Gasteiger partial charge in [0.1, 0.15) is 0 Å². The van der Waals surface area contributed by atoms with Crippen molar-refractivity contribution in [1.29, 1.82) is 0 Å². The molecule has 0 aliphatic rings. The lowest BCUT2D eigenvalue weighted by Crippen LogP contribution is -1.78. The minimum absolute atomic E-state index is 0.111. The zero-order valence-corrected chi connectivity index (χ0v) is 8.41. The fraction of sp³-hybridized carbons (Fsp3) is 0.500. The van der Waals surface area contributed by atoms with E-state index in [-0.39, 0.29) is 6.61 Å². The van der Waals surface area contributed by atoms with Gasteiger partial charge in [0.2, 0.25) is 0 Å². The zero-order valence-electron chi connectivity index (χ0n) is 8.41. The summed E-state index contributed by atoms with van der Waals surface area (Å²) < 4.78 is 0. The summed E-state index contributed by atoms with van der Waals surface area (Å²) in [5.74, 6) is 0. The number of hydrogen-bond donors (Lipinski definition) is 0. The predicted molar refractivity (Wildman–Crippen MR) is 56.1 cm³/mol. The molecule has 1 aromatic carbocycles. The number of hydrogen-bond acceptors (Lipinski definition) is 0. The van der Waals surface area contributed by atoms with Crippen LogP contribution in [-0.4, -0.2) is 6.61 Å². The zero-order chi connectivity index (χ0) is 9.78. The molecule has 0 bridgehead atoms. The van der Waals surface area contributed by atoms with Gasteiger partial charge in [-0.25, -0.2) is 5.11 Å². The van der Waals surface area contributed by atoms with Gasteiger partial charge in [-0.1, -0.05) is 62.6 Å². The number of rotatable bonds is 4. The van der Waals surface area contributed by atoms with Gasteiger partial charge in [-0.3, -0.25) is 0 Å². The quantitative estimate of drug-likeness (QED) is 0.628. The van der Waals surface area contributed by atoms with Crippen LogP contribution < -0.4 is 0 Å². The smallest absolute Gasteiger partial charge is 0.0822 e. The minimum Gasteiger partial charge on any atom is -0.237 e. The summed E-state index contributed by atoms with van der Waals surface area (Å²) in [5, 5.41) is 9.80. The van der Waals surface area contributed by atoms with Crippen molar-refractivity contribution in [3.8, 4) is 0 Å². The molecule has 0 heterocycles. The summed E-state index contributed by atoms with van der Waals surface area (Å²) in [6.07, 6.45) is 4.44. The number of unbranched alkanes of at least 4 members (excludes halogenated alkanes) is 3. The third-order valence-electron chi connectivity index (χ3n) is 1.66. The fourth-order valence-corrected chi connectivity index (χ4v) is 0.914. The molecule has 0 saturated heterocycles. The van der Waals surface area contributed by atoms with E-state index in [9.17, 15) is 5.11 Å². The van der Waals surface area contributed by atoms with Crippen molar-refractivity contribution >= 4 is 0 Å². The maximum atomic E-state index is 9.80. The van der Waals surface area contributed by atoms with Crippen LogP contribution in [0.3, 0.4) is 0 Å². The van der Waals surface area contributed by atoms with E-state index in [0.29, 0.717) is 0 Å². The normalized spacial score (nSPS) is 8.77. The molecule has 0 aromatic heterocycles. The van der Waals surface area contributed by atoms with Crippen LogP contribution in [0.1, 0.15) is 32.6 Å². The van der Waals surface area contributed by atoms with Crippen LogP contribution in [0.25, 0.3) is 0 Å². The van der Waals surface area contributed by atoms with E-state index in [4.69, 9.17) is 0 Å². The maximum absolute atomic E-state index is 9.80. The van der Waals surface area contributed by atoms with Crippen molar-refractivity contribution in [2.45, 2.75) is 32.6 Å². The first-order valence-electron chi connectivity index (χ1n) is 5.00. The standard InChI is InChI=1S/C6H13O.C6H6/c1-2-3-4-5-6-7;1-2-4-6-5-3-1/h2-6H2,1H3;1-6H. The summed E-state index contributed by atoms with van der Waals surface area (Å²) >= 11 is 0. The molecule has 0 amide bonds. The van der Waals surface area contributed by atoms with Crippen molar-refractivity contribution in [3.05, 3.63) is 36.4 Å². The van der Waals surface area contributed by atoms with E-state index in [2.05, 4.69) is 6.92 Å². The molecule has 1 radical (unpaired) electrons. The van der Waals surface area contributed by atoms with E-state index >= 15 is 0 Å². The van der Waals surface area contributed by atoms with Crippen molar-refractivity contribution in [3.63, 3.8) is 0 Å². The maximum Gasteiger partial charge on any atom is 0.0822 e. The molecule has 1 aromatic rings. The Morgan fingerprint density at radius 1 is 0.769 bits per heavy atom. The Morgan fingerprint density at radius 3 is 1.54 bits per heavy atom. The van der Waals surface area contributed by atoms with Crippen LogP contribution in [-0.2, 0) is 5.11 Å². The van der Waals surface area contributed by atoms with Crippen molar-refractivity contribution in [2.75, 3.05) is 6.61 Å². The van der Waals surface area contributed by atoms with Crippen LogP contribution in [0.2, 0.25) is 0 Å². The monoisotopic (exact) mass is 179 g/mol. The first-order valence-corrected chi connectivity index (χ1v) is 5.00. The van der Waals surface area contributed by atoms with Gasteiger partial charge in [0.15, 0.2) is 0 Å². The summed E-state index contributed by atoms with van der Waals surface area (Å²) in [6.45, 7) is 2.25. The third kappa shape index (κ3) is 11.2. The first kappa shape index (κ1) is 12.2. The van der Waals surface area contributed by atoms with Gasteiger partial charge in [0.05, 0.1) is 6.61 Å². The highest BCUT2D eigenvalue weighted by Gasteiger charge is 1.82. The van der Waals surface area contributed by atoms with Gasteiger partial charge in [-0.2, -0.15) is 0 Å². The molecular formula is C12H19O. The highest BCUT2D eigenvalue weighted by atomic mass is 16.2. The van der Waals surface area contributed by atoms with E-state index in [1.807, 2.05) is 36.4 Å². The van der Waals surface area contributed by atoms with Gasteiger partial charge < -0.3 is 0 Å². The highest BCUT2D eigenvalue weighted by Crippen LogP contribution is 1.96. The van der Waals surface area contributed by atoms with Crippen LogP contribution in [0.4, 0.5) is 0 Å². The van der Waals surface area contributed by atoms with E-state index < -0.39 is 0 Å². The van der Waals surface area contributed by atoms with Gasteiger partial charge in [0, 0.05) is 0 Å². The second-order valence-electron chi connectivity index (χ2n) is 2.92. The molecule has 0 unspecified atom stereocenters. The van der Waals surface area contributed by atoms with Crippen LogP contribution in [0.15, 0.2) is 36.4 Å². The van der Waals surface area contributed by atoms with E-state index in [0.717, 1.165) is 12.8 Å². The Labute approximate surface area is 81.4 Å². The molecule has 0 saturated carbocycles. The van der Waals surface area contributed by atoms with Crippen molar-refractivity contribution in [1.82, 2.24) is 0 Å². The van der Waals surface area contributed by atoms with Crippen molar-refractivity contribution < 1.29 is 5.11 Å². The predicted octanol–water partition coefficient (Wildman–Crippen LogP) is 3.68. The molecule has 1 rings (SSSR count). The van der Waals surface area contributed by atoms with Gasteiger partial charge in [-0.15, -0.1) is 0 Å². The second kappa shape index (κ2) is 11.2. The molecule has 0 atom stereocenters. The Hall–Kier alpha value is -0.820. The first-order chi connectivity index (χ1) is 6.41. The molecule has 0 aliphatic heterocycles. The van der Waals surface area contributed by atoms with Gasteiger partial charge in [-0.05, 0) is 6.42 Å². The molecule has 73 valence electrons. The summed E-state index contributed by atoms with van der Waals surface area (Å²) in [6, 6.07) is 12.0. The lowest BCUT2D eigenvalue weighted by Gasteiger charge is -1.89. The molecule has 0 aliphatic carbocycles. The highest BCUT2D eigenvalue weighted by molar-refractivity contribution is 4.99. The molecule has 0 N–H and O–H groups in total. The van der Waals surface area contributed by atoms with Gasteiger partial charge in [0.25, 0.3) is 0 Å². The average Bonchev–Trinajstić information content (AvgIpc) is 2.22. The Morgan fingerprint density at radius 2 is 1.23 bits per heavy atom. The summed E-state index contributed by atoms with van der Waals surface area (Å²) in [4.78, 5) is 0. The minimum atomic E-state index is 0.111. The topological polar surface area (TPSA) is 19.9 Å². The largest absolute Gasteiger partial charge is 0.237 e. The lowest BCUT2D eigenvalue weighted by atomic mass is 10.2. The average molecular weight is 179 g/mol. The van der Waals surface area contributed by atoms with Crippen molar-refractivity contribution in [2.24, 2.45) is 0 Å². The third-order valence-corrected chi connectivity index (χ3v) is 1.66. The SMILES string of the molecule is CCCCCC[O].c1ccccc1. The van der Waals surface area contributed by atoms with Crippen LogP contribution in [0.5, 0.6) is 0 Å². The summed E-state index contributed by atoms with van der Waals surface area (Å²) in [5.41, 5.74) is 0.